The van der Waals surface area contributed by atoms with Gasteiger partial charge >= 0.3 is 0 Å². The Hall–Kier alpha value is -2.66. The smallest absolute Gasteiger partial charge is 0.254 e. The molecule has 5 heteroatoms. The van der Waals surface area contributed by atoms with Gasteiger partial charge in [0.1, 0.15) is 0 Å². The highest BCUT2D eigenvalue weighted by Gasteiger charge is 2.29. The average molecular weight is 448 g/mol. The van der Waals surface area contributed by atoms with E-state index in [9.17, 15) is 9.59 Å². The Balaban J connectivity index is 1.33. The maximum atomic E-state index is 13.1. The van der Waals surface area contributed by atoms with E-state index in [1.54, 1.807) is 29.2 Å². The fourth-order valence-electron chi connectivity index (χ4n) is 5.26. The van der Waals surface area contributed by atoms with Crippen molar-refractivity contribution in [2.75, 3.05) is 33.2 Å². The maximum Gasteiger partial charge on any atom is 0.254 e. The van der Waals surface area contributed by atoms with Gasteiger partial charge in [-0.15, -0.1) is 0 Å². The molecule has 176 valence electrons. The molecule has 2 aromatic carbocycles. The minimum atomic E-state index is -0.0399. The van der Waals surface area contributed by atoms with Crippen LogP contribution in [-0.2, 0) is 0 Å². The summed E-state index contributed by atoms with van der Waals surface area (Å²) in [6.07, 6.45) is 4.74. The lowest BCUT2D eigenvalue weighted by Crippen LogP contribution is -2.49. The van der Waals surface area contributed by atoms with E-state index in [4.69, 9.17) is 0 Å². The van der Waals surface area contributed by atoms with Gasteiger partial charge in [-0.1, -0.05) is 37.3 Å². The Morgan fingerprint density at radius 3 is 2.18 bits per heavy atom. The van der Waals surface area contributed by atoms with Crippen LogP contribution in [0.3, 0.4) is 0 Å². The highest BCUT2D eigenvalue weighted by atomic mass is 16.2. The van der Waals surface area contributed by atoms with Gasteiger partial charge in [0.2, 0.25) is 0 Å². The number of carbonyl (C=O) groups is 2. The summed E-state index contributed by atoms with van der Waals surface area (Å²) in [6.45, 7) is 8.40. The first kappa shape index (κ1) is 23.5. The second-order valence-corrected chi connectivity index (χ2v) is 9.85. The van der Waals surface area contributed by atoms with Crippen LogP contribution < -0.4 is 0 Å². The zero-order valence-electron chi connectivity index (χ0n) is 20.2. The summed E-state index contributed by atoms with van der Waals surface area (Å²) >= 11 is 0. The molecule has 0 radical (unpaired) electrons. The van der Waals surface area contributed by atoms with Gasteiger partial charge in [0.05, 0.1) is 6.04 Å². The number of nitrogens with zero attached hydrogens (tertiary/aromatic N) is 3. The summed E-state index contributed by atoms with van der Waals surface area (Å²) in [5.74, 6) is 0.821. The summed E-state index contributed by atoms with van der Waals surface area (Å²) in [5, 5.41) is 0. The Morgan fingerprint density at radius 1 is 0.909 bits per heavy atom. The Kier molecular flexibility index (Phi) is 7.49. The van der Waals surface area contributed by atoms with E-state index in [1.165, 1.54) is 25.9 Å². The van der Waals surface area contributed by atoms with Gasteiger partial charge in [-0.2, -0.15) is 0 Å². The van der Waals surface area contributed by atoms with Crippen molar-refractivity contribution in [2.45, 2.75) is 51.6 Å². The molecular formula is C28H37N3O2. The average Bonchev–Trinajstić information content (AvgIpc) is 2.87. The first-order chi connectivity index (χ1) is 15.9. The Bertz CT molecular complexity index is 935. The molecule has 2 heterocycles. The van der Waals surface area contributed by atoms with Gasteiger partial charge in [-0.25, -0.2) is 0 Å². The predicted octanol–water partition coefficient (Wildman–Crippen LogP) is 4.86. The second-order valence-electron chi connectivity index (χ2n) is 9.85. The molecule has 0 N–H and O–H groups in total. The minimum absolute atomic E-state index is 0.0239. The fourth-order valence-corrected chi connectivity index (χ4v) is 5.26. The molecule has 2 fully saturated rings. The first-order valence-corrected chi connectivity index (χ1v) is 12.4. The van der Waals surface area contributed by atoms with Crippen molar-refractivity contribution in [3.8, 4) is 0 Å². The molecule has 5 nitrogen and oxygen atoms in total. The molecule has 2 aromatic rings. The number of likely N-dealkylation sites (tertiary alicyclic amines) is 2. The Labute approximate surface area is 198 Å². The van der Waals surface area contributed by atoms with Crippen LogP contribution >= 0.6 is 0 Å². The van der Waals surface area contributed by atoms with Gasteiger partial charge < -0.3 is 9.80 Å². The van der Waals surface area contributed by atoms with Crippen molar-refractivity contribution in [2.24, 2.45) is 5.92 Å². The van der Waals surface area contributed by atoms with Crippen molar-refractivity contribution in [1.29, 1.82) is 0 Å². The maximum absolute atomic E-state index is 13.1. The van der Waals surface area contributed by atoms with E-state index in [0.717, 1.165) is 37.4 Å². The number of amides is 2. The summed E-state index contributed by atoms with van der Waals surface area (Å²) in [4.78, 5) is 32.4. The third-order valence-electron chi connectivity index (χ3n) is 7.52. The minimum Gasteiger partial charge on any atom is -0.339 e. The van der Waals surface area contributed by atoms with Crippen LogP contribution in [0.5, 0.6) is 0 Å². The summed E-state index contributed by atoms with van der Waals surface area (Å²) in [5.41, 5.74) is 2.37. The van der Waals surface area contributed by atoms with Crippen molar-refractivity contribution in [3.63, 3.8) is 0 Å². The lowest BCUT2D eigenvalue weighted by atomic mass is 9.95. The molecule has 2 aliphatic heterocycles. The van der Waals surface area contributed by atoms with Crippen molar-refractivity contribution >= 4 is 11.8 Å². The normalized spacial score (nSPS) is 20.9. The number of piperidine rings is 2. The zero-order valence-corrected chi connectivity index (χ0v) is 20.2. The Morgan fingerprint density at radius 2 is 1.55 bits per heavy atom. The monoisotopic (exact) mass is 447 g/mol. The summed E-state index contributed by atoms with van der Waals surface area (Å²) < 4.78 is 0. The van der Waals surface area contributed by atoms with Crippen LogP contribution in [0.15, 0.2) is 54.6 Å². The van der Waals surface area contributed by atoms with Crippen molar-refractivity contribution < 1.29 is 9.59 Å². The number of carbonyl (C=O) groups excluding carboxylic acids is 2. The molecule has 2 saturated heterocycles. The van der Waals surface area contributed by atoms with Crippen LogP contribution in [0.4, 0.5) is 0 Å². The van der Waals surface area contributed by atoms with Crippen LogP contribution in [-0.4, -0.2) is 65.8 Å². The molecule has 2 aliphatic rings. The largest absolute Gasteiger partial charge is 0.339 e. The topological polar surface area (TPSA) is 43.9 Å². The molecule has 0 saturated carbocycles. The molecule has 1 unspecified atom stereocenters. The molecular weight excluding hydrogens is 410 g/mol. The molecule has 0 aromatic heterocycles. The van der Waals surface area contributed by atoms with E-state index in [2.05, 4.69) is 11.8 Å². The molecule has 0 bridgehead atoms. The van der Waals surface area contributed by atoms with Crippen LogP contribution in [0.1, 0.15) is 71.9 Å². The van der Waals surface area contributed by atoms with E-state index in [1.807, 2.05) is 49.2 Å². The van der Waals surface area contributed by atoms with Crippen molar-refractivity contribution in [3.05, 3.63) is 71.3 Å². The third kappa shape index (κ3) is 5.47. The van der Waals surface area contributed by atoms with Gasteiger partial charge in [-0.05, 0) is 74.9 Å². The number of hydrogen-bond acceptors (Lipinski definition) is 3. The van der Waals surface area contributed by atoms with Gasteiger partial charge in [0.15, 0.2) is 0 Å². The summed E-state index contributed by atoms with van der Waals surface area (Å²) in [6, 6.07) is 17.8. The summed E-state index contributed by atoms with van der Waals surface area (Å²) in [7, 11) is 1.83. The highest BCUT2D eigenvalue weighted by Crippen LogP contribution is 2.25. The van der Waals surface area contributed by atoms with Crippen LogP contribution in [0.25, 0.3) is 0 Å². The van der Waals surface area contributed by atoms with Crippen LogP contribution in [0.2, 0.25) is 0 Å². The van der Waals surface area contributed by atoms with Crippen LogP contribution in [0, 0.1) is 5.92 Å². The zero-order chi connectivity index (χ0) is 23.4. The lowest BCUT2D eigenvalue weighted by molar-refractivity contribution is 0.0541. The quantitative estimate of drug-likeness (QED) is 0.658. The molecule has 2 atom stereocenters. The van der Waals surface area contributed by atoms with E-state index < -0.39 is 0 Å². The van der Waals surface area contributed by atoms with Gasteiger partial charge in [-0.3, -0.25) is 14.5 Å². The predicted molar refractivity (Wildman–Crippen MR) is 132 cm³/mol. The van der Waals surface area contributed by atoms with E-state index >= 15 is 0 Å². The van der Waals surface area contributed by atoms with Gasteiger partial charge in [0.25, 0.3) is 11.8 Å². The molecule has 4 rings (SSSR count). The SMILES string of the molecule is CC(c1ccccc1)N(C)C(=O)c1ccc(C(=O)N2CCC(N3CCC[C@@H](C)C3)CC2)cc1. The van der Waals surface area contributed by atoms with Gasteiger partial charge in [0, 0.05) is 43.9 Å². The number of hydrogen-bond donors (Lipinski definition) is 0. The molecule has 33 heavy (non-hydrogen) atoms. The first-order valence-electron chi connectivity index (χ1n) is 12.4. The number of benzene rings is 2. The second kappa shape index (κ2) is 10.5. The molecule has 2 amide bonds. The molecule has 0 spiro atoms. The molecule has 0 aliphatic carbocycles. The highest BCUT2D eigenvalue weighted by molar-refractivity contribution is 5.98. The van der Waals surface area contributed by atoms with E-state index in [-0.39, 0.29) is 17.9 Å². The third-order valence-corrected chi connectivity index (χ3v) is 7.52. The van der Waals surface area contributed by atoms with Crippen molar-refractivity contribution in [1.82, 2.24) is 14.7 Å². The van der Waals surface area contributed by atoms with E-state index in [0.29, 0.717) is 17.2 Å². The fraction of sp³-hybridized carbons (Fsp3) is 0.500. The standard InChI is InChI=1S/C28H37N3O2/c1-21-8-7-17-31(20-21)26-15-18-30(19-16-26)28(33)25-13-11-24(12-14-25)27(32)29(3)22(2)23-9-5-4-6-10-23/h4-6,9-14,21-22,26H,7-8,15-20H2,1-3H3/t21-,22?/m1/s1. The number of rotatable bonds is 5. The lowest BCUT2D eigenvalue weighted by Gasteiger charge is -2.41.